The maximum absolute atomic E-state index is 6.03. The van der Waals surface area contributed by atoms with E-state index in [2.05, 4.69) is 26.1 Å². The van der Waals surface area contributed by atoms with E-state index in [0.717, 1.165) is 63.7 Å². The lowest BCUT2D eigenvalue weighted by molar-refractivity contribution is -0.0760. The Balaban J connectivity index is 1.66. The maximum atomic E-state index is 6.03. The highest BCUT2D eigenvalue weighted by atomic mass is 16.5. The smallest absolute Gasteiger partial charge is 0.151 e. The van der Waals surface area contributed by atoms with Crippen LogP contribution in [0.25, 0.3) is 0 Å². The number of fused-ring (bicyclic) bond motifs is 1. The number of hydrogen-bond acceptors (Lipinski definition) is 6. The molecule has 22 heavy (non-hydrogen) atoms. The molecular formula is C16H26N4O2. The molecule has 2 aliphatic heterocycles. The van der Waals surface area contributed by atoms with E-state index >= 15 is 0 Å². The van der Waals surface area contributed by atoms with Crippen molar-refractivity contribution in [3.8, 4) is 0 Å². The summed E-state index contributed by atoms with van der Waals surface area (Å²) in [6.45, 7) is 7.57. The number of aromatic nitrogens is 2. The Morgan fingerprint density at radius 2 is 2.09 bits per heavy atom. The lowest BCUT2D eigenvalue weighted by Gasteiger charge is -2.40. The van der Waals surface area contributed by atoms with Crippen LogP contribution < -0.4 is 4.90 Å². The summed E-state index contributed by atoms with van der Waals surface area (Å²) in [5.41, 5.74) is 0.960. The van der Waals surface area contributed by atoms with Gasteiger partial charge in [-0.25, -0.2) is 0 Å². The van der Waals surface area contributed by atoms with Crippen molar-refractivity contribution in [1.82, 2.24) is 15.1 Å². The first-order chi connectivity index (χ1) is 10.8. The summed E-state index contributed by atoms with van der Waals surface area (Å²) in [5, 5.41) is 8.51. The molecule has 2 fully saturated rings. The molecule has 0 saturated carbocycles. The van der Waals surface area contributed by atoms with Crippen LogP contribution in [0, 0.1) is 6.92 Å². The summed E-state index contributed by atoms with van der Waals surface area (Å²) >= 11 is 0. The fourth-order valence-electron chi connectivity index (χ4n) is 3.44. The number of nitrogens with zero attached hydrogens (tertiary/aromatic N) is 4. The maximum Gasteiger partial charge on any atom is 0.151 e. The molecule has 6 heteroatoms. The third kappa shape index (κ3) is 3.56. The molecule has 0 N–H and O–H groups in total. The Bertz CT molecular complexity index is 468. The van der Waals surface area contributed by atoms with E-state index < -0.39 is 0 Å². The fourth-order valence-corrected chi connectivity index (χ4v) is 3.44. The zero-order valence-electron chi connectivity index (χ0n) is 13.6. The Labute approximate surface area is 132 Å². The van der Waals surface area contributed by atoms with Crippen LogP contribution in [0.5, 0.6) is 0 Å². The van der Waals surface area contributed by atoms with Gasteiger partial charge >= 0.3 is 0 Å². The highest BCUT2D eigenvalue weighted by Gasteiger charge is 2.34. The number of ether oxygens (including phenoxy) is 2. The molecule has 122 valence electrons. The quantitative estimate of drug-likeness (QED) is 0.830. The van der Waals surface area contributed by atoms with Crippen molar-refractivity contribution in [1.29, 1.82) is 0 Å². The van der Waals surface area contributed by atoms with Gasteiger partial charge in [0.15, 0.2) is 5.82 Å². The minimum Gasteiger partial charge on any atom is -0.383 e. The normalized spacial score (nSPS) is 26.5. The van der Waals surface area contributed by atoms with E-state index in [9.17, 15) is 0 Å². The van der Waals surface area contributed by atoms with Gasteiger partial charge in [-0.15, -0.1) is 5.10 Å². The highest BCUT2D eigenvalue weighted by Crippen LogP contribution is 2.25. The summed E-state index contributed by atoms with van der Waals surface area (Å²) in [5.74, 6) is 0.979. The van der Waals surface area contributed by atoms with Gasteiger partial charge in [0.2, 0.25) is 0 Å². The van der Waals surface area contributed by atoms with E-state index in [1.165, 1.54) is 0 Å². The van der Waals surface area contributed by atoms with Crippen molar-refractivity contribution in [2.24, 2.45) is 0 Å². The van der Waals surface area contributed by atoms with Crippen LogP contribution >= 0.6 is 0 Å². The van der Waals surface area contributed by atoms with Crippen LogP contribution in [0.4, 0.5) is 5.82 Å². The van der Waals surface area contributed by atoms with Gasteiger partial charge in [-0.2, -0.15) is 5.10 Å². The summed E-state index contributed by atoms with van der Waals surface area (Å²) in [4.78, 5) is 4.87. The van der Waals surface area contributed by atoms with Gasteiger partial charge in [-0.1, -0.05) is 0 Å². The average Bonchev–Trinajstić information content (AvgIpc) is 2.77. The molecule has 3 heterocycles. The highest BCUT2D eigenvalue weighted by molar-refractivity contribution is 5.37. The Kier molecular flexibility index (Phi) is 5.23. The first-order valence-electron chi connectivity index (χ1n) is 8.18. The lowest BCUT2D eigenvalue weighted by Crippen LogP contribution is -2.52. The Morgan fingerprint density at radius 1 is 1.23 bits per heavy atom. The van der Waals surface area contributed by atoms with Gasteiger partial charge in [-0.3, -0.25) is 4.90 Å². The first kappa shape index (κ1) is 15.6. The van der Waals surface area contributed by atoms with Crippen LogP contribution in [-0.4, -0.2) is 73.7 Å². The van der Waals surface area contributed by atoms with Crippen molar-refractivity contribution >= 4 is 5.82 Å². The largest absolute Gasteiger partial charge is 0.383 e. The molecule has 0 spiro atoms. The van der Waals surface area contributed by atoms with Crippen molar-refractivity contribution < 1.29 is 9.47 Å². The van der Waals surface area contributed by atoms with E-state index in [1.54, 1.807) is 7.11 Å². The number of anilines is 1. The summed E-state index contributed by atoms with van der Waals surface area (Å²) in [6, 6.07) is 4.59. The third-order valence-electron chi connectivity index (χ3n) is 4.68. The molecule has 0 bridgehead atoms. The van der Waals surface area contributed by atoms with Crippen molar-refractivity contribution in [2.75, 3.05) is 51.4 Å². The van der Waals surface area contributed by atoms with Gasteiger partial charge in [0.25, 0.3) is 0 Å². The van der Waals surface area contributed by atoms with E-state index in [-0.39, 0.29) is 0 Å². The zero-order chi connectivity index (χ0) is 15.4. The van der Waals surface area contributed by atoms with E-state index in [0.29, 0.717) is 12.1 Å². The SMILES string of the molecule is COCCN1CCO[C@H]2CCN(c3ccc(C)nn3)CC[C@@H]21. The lowest BCUT2D eigenvalue weighted by atomic mass is 10.0. The van der Waals surface area contributed by atoms with Gasteiger partial charge in [0.1, 0.15) is 0 Å². The van der Waals surface area contributed by atoms with Crippen LogP contribution in [0.2, 0.25) is 0 Å². The molecule has 1 aromatic rings. The van der Waals surface area contributed by atoms with Gasteiger partial charge < -0.3 is 14.4 Å². The second kappa shape index (κ2) is 7.35. The average molecular weight is 306 g/mol. The number of methoxy groups -OCH3 is 1. The summed E-state index contributed by atoms with van der Waals surface area (Å²) in [6.07, 6.45) is 2.47. The van der Waals surface area contributed by atoms with Crippen LogP contribution in [0.1, 0.15) is 18.5 Å². The first-order valence-corrected chi connectivity index (χ1v) is 8.18. The van der Waals surface area contributed by atoms with Crippen LogP contribution in [0.15, 0.2) is 12.1 Å². The predicted molar refractivity (Wildman–Crippen MR) is 85.2 cm³/mol. The molecule has 1 aromatic heterocycles. The predicted octanol–water partition coefficient (Wildman–Crippen LogP) is 1.10. The molecule has 3 rings (SSSR count). The van der Waals surface area contributed by atoms with E-state index in [4.69, 9.17) is 9.47 Å². The third-order valence-corrected chi connectivity index (χ3v) is 4.68. The van der Waals surface area contributed by atoms with Gasteiger partial charge in [-0.05, 0) is 31.9 Å². The number of morpholine rings is 1. The minimum absolute atomic E-state index is 0.328. The second-order valence-corrected chi connectivity index (χ2v) is 6.10. The molecular weight excluding hydrogens is 280 g/mol. The van der Waals surface area contributed by atoms with Crippen molar-refractivity contribution in [3.63, 3.8) is 0 Å². The zero-order valence-corrected chi connectivity index (χ0v) is 13.6. The van der Waals surface area contributed by atoms with Gasteiger partial charge in [0, 0.05) is 39.3 Å². The second-order valence-electron chi connectivity index (χ2n) is 6.10. The molecule has 0 amide bonds. The van der Waals surface area contributed by atoms with Gasteiger partial charge in [0.05, 0.1) is 25.0 Å². The molecule has 0 radical (unpaired) electrons. The van der Waals surface area contributed by atoms with Crippen LogP contribution in [-0.2, 0) is 9.47 Å². The molecule has 6 nitrogen and oxygen atoms in total. The number of rotatable bonds is 4. The minimum atomic E-state index is 0.328. The molecule has 0 aliphatic carbocycles. The monoisotopic (exact) mass is 306 g/mol. The summed E-state index contributed by atoms with van der Waals surface area (Å²) in [7, 11) is 1.77. The standard InChI is InChI=1S/C16H26N4O2/c1-13-3-4-16(18-17-13)20-7-5-14-15(6-8-20)22-12-10-19(14)9-11-21-2/h3-4,14-15H,5-12H2,1-2H3/t14-,15-/m0/s1. The topological polar surface area (TPSA) is 50.7 Å². The fraction of sp³-hybridized carbons (Fsp3) is 0.750. The molecule has 2 aliphatic rings. The number of aryl methyl sites for hydroxylation is 1. The Morgan fingerprint density at radius 3 is 2.86 bits per heavy atom. The summed E-state index contributed by atoms with van der Waals surface area (Å²) < 4.78 is 11.3. The molecule has 2 saturated heterocycles. The van der Waals surface area contributed by atoms with Crippen molar-refractivity contribution in [2.45, 2.75) is 31.9 Å². The number of hydrogen-bond donors (Lipinski definition) is 0. The molecule has 0 aromatic carbocycles. The Hall–Kier alpha value is -1.24. The van der Waals surface area contributed by atoms with Crippen LogP contribution in [0.3, 0.4) is 0 Å². The molecule has 0 unspecified atom stereocenters. The van der Waals surface area contributed by atoms with Crippen molar-refractivity contribution in [3.05, 3.63) is 17.8 Å². The van der Waals surface area contributed by atoms with E-state index in [1.807, 2.05) is 13.0 Å². The molecule has 2 atom stereocenters.